The average molecular weight is 314 g/mol. The van der Waals surface area contributed by atoms with Crippen molar-refractivity contribution in [3.8, 4) is 0 Å². The molecule has 0 bridgehead atoms. The van der Waals surface area contributed by atoms with Crippen LogP contribution < -0.4 is 5.32 Å². The quantitative estimate of drug-likeness (QED) is 0.860. The van der Waals surface area contributed by atoms with Crippen LogP contribution in [-0.2, 0) is 0 Å². The van der Waals surface area contributed by atoms with Gasteiger partial charge in [0.2, 0.25) is 0 Å². The van der Waals surface area contributed by atoms with Crippen molar-refractivity contribution in [1.29, 1.82) is 0 Å². The van der Waals surface area contributed by atoms with Crippen molar-refractivity contribution >= 4 is 11.6 Å². The fourth-order valence-corrected chi connectivity index (χ4v) is 3.00. The zero-order valence-corrected chi connectivity index (χ0v) is 13.8. The molecule has 1 aliphatic carbocycles. The van der Waals surface area contributed by atoms with E-state index in [4.69, 9.17) is 11.6 Å². The predicted octanol–water partition coefficient (Wildman–Crippen LogP) is 4.46. The molecule has 1 fully saturated rings. The minimum Gasteiger partial charge on any atom is -0.389 e. The second kappa shape index (κ2) is 6.23. The minimum absolute atomic E-state index is 0.0297. The maximum atomic E-state index is 13.2. The first kappa shape index (κ1) is 16.7. The Morgan fingerprint density at radius 3 is 2.48 bits per heavy atom. The lowest BCUT2D eigenvalue weighted by atomic mass is 9.71. The lowest BCUT2D eigenvalue weighted by molar-refractivity contribution is -0.0258. The summed E-state index contributed by atoms with van der Waals surface area (Å²) in [6, 6.07) is 4.78. The summed E-state index contributed by atoms with van der Waals surface area (Å²) in [6.45, 7) is 7.06. The Kier molecular flexibility index (Phi) is 4.96. The molecule has 0 spiro atoms. The van der Waals surface area contributed by atoms with Gasteiger partial charge in [-0.3, -0.25) is 0 Å². The number of hydrogen-bond donors (Lipinski definition) is 2. The highest BCUT2D eigenvalue weighted by Crippen LogP contribution is 2.40. The molecule has 1 unspecified atom stereocenters. The van der Waals surface area contributed by atoms with Gasteiger partial charge in [-0.1, -0.05) is 31.5 Å². The Morgan fingerprint density at radius 1 is 1.29 bits per heavy atom. The molecule has 2 rings (SSSR count). The summed E-state index contributed by atoms with van der Waals surface area (Å²) in [5.74, 6) is -0.402. The van der Waals surface area contributed by atoms with E-state index in [9.17, 15) is 9.50 Å². The molecule has 0 radical (unpaired) electrons. The van der Waals surface area contributed by atoms with Crippen LogP contribution in [0.3, 0.4) is 0 Å². The van der Waals surface area contributed by atoms with E-state index in [1.165, 1.54) is 6.07 Å². The standard InChI is InChI=1S/C17H25ClFNO/c1-12(13-4-5-15(19)14(18)10-13)20-11-17(21)8-6-16(2,3)7-9-17/h4-5,10,12,20-21H,6-9,11H2,1-3H3. The van der Waals surface area contributed by atoms with E-state index in [0.717, 1.165) is 31.2 Å². The Morgan fingerprint density at radius 2 is 1.90 bits per heavy atom. The van der Waals surface area contributed by atoms with Crippen LogP contribution in [0, 0.1) is 11.2 Å². The van der Waals surface area contributed by atoms with Crippen molar-refractivity contribution in [2.75, 3.05) is 6.54 Å². The highest BCUT2D eigenvalue weighted by Gasteiger charge is 2.36. The third kappa shape index (κ3) is 4.41. The van der Waals surface area contributed by atoms with Crippen LogP contribution in [0.2, 0.25) is 5.02 Å². The number of nitrogens with one attached hydrogen (secondary N) is 1. The highest BCUT2D eigenvalue weighted by atomic mass is 35.5. The molecular weight excluding hydrogens is 289 g/mol. The molecule has 1 aromatic rings. The fourth-order valence-electron chi connectivity index (χ4n) is 2.81. The van der Waals surface area contributed by atoms with Gasteiger partial charge >= 0.3 is 0 Å². The lowest BCUT2D eigenvalue weighted by Gasteiger charge is -2.40. The summed E-state index contributed by atoms with van der Waals surface area (Å²) in [4.78, 5) is 0. The highest BCUT2D eigenvalue weighted by molar-refractivity contribution is 6.30. The van der Waals surface area contributed by atoms with E-state index >= 15 is 0 Å². The zero-order valence-electron chi connectivity index (χ0n) is 13.0. The van der Waals surface area contributed by atoms with E-state index in [0.29, 0.717) is 12.0 Å². The fraction of sp³-hybridized carbons (Fsp3) is 0.647. The van der Waals surface area contributed by atoms with Gasteiger partial charge < -0.3 is 10.4 Å². The van der Waals surface area contributed by atoms with Crippen LogP contribution in [-0.4, -0.2) is 17.3 Å². The Hall–Kier alpha value is -0.640. The summed E-state index contributed by atoms with van der Waals surface area (Å²) in [6.07, 6.45) is 3.73. The second-order valence-electron chi connectivity index (χ2n) is 7.16. The van der Waals surface area contributed by atoms with Gasteiger partial charge in [-0.2, -0.15) is 0 Å². The van der Waals surface area contributed by atoms with Crippen LogP contribution in [0.4, 0.5) is 4.39 Å². The topological polar surface area (TPSA) is 32.3 Å². The molecule has 0 heterocycles. The zero-order chi connectivity index (χ0) is 15.7. The minimum atomic E-state index is -0.631. The van der Waals surface area contributed by atoms with Crippen LogP contribution in [0.5, 0.6) is 0 Å². The van der Waals surface area contributed by atoms with Gasteiger partial charge in [0, 0.05) is 12.6 Å². The molecule has 21 heavy (non-hydrogen) atoms. The van der Waals surface area contributed by atoms with E-state index in [1.807, 2.05) is 6.92 Å². The molecule has 118 valence electrons. The molecule has 1 saturated carbocycles. The third-order valence-electron chi connectivity index (χ3n) is 4.72. The first-order chi connectivity index (χ1) is 9.71. The van der Waals surface area contributed by atoms with Crippen LogP contribution in [0.25, 0.3) is 0 Å². The SMILES string of the molecule is CC(NCC1(O)CCC(C)(C)CC1)c1ccc(F)c(Cl)c1. The van der Waals surface area contributed by atoms with Gasteiger partial charge in [-0.15, -0.1) is 0 Å². The summed E-state index contributed by atoms with van der Waals surface area (Å²) in [7, 11) is 0. The molecule has 4 heteroatoms. The molecule has 0 amide bonds. The number of halogens is 2. The average Bonchev–Trinajstić information content (AvgIpc) is 2.43. The van der Waals surface area contributed by atoms with Crippen molar-refractivity contribution in [3.63, 3.8) is 0 Å². The second-order valence-corrected chi connectivity index (χ2v) is 7.57. The van der Waals surface area contributed by atoms with E-state index in [1.54, 1.807) is 12.1 Å². The molecular formula is C17H25ClFNO. The molecule has 1 aromatic carbocycles. The van der Waals surface area contributed by atoms with Crippen molar-refractivity contribution in [2.24, 2.45) is 5.41 Å². The van der Waals surface area contributed by atoms with E-state index in [-0.39, 0.29) is 11.1 Å². The van der Waals surface area contributed by atoms with Crippen molar-refractivity contribution in [2.45, 2.75) is 58.1 Å². The molecule has 0 aromatic heterocycles. The number of aliphatic hydroxyl groups is 1. The molecule has 2 nitrogen and oxygen atoms in total. The summed E-state index contributed by atoms with van der Waals surface area (Å²) >= 11 is 5.81. The number of hydrogen-bond acceptors (Lipinski definition) is 2. The summed E-state index contributed by atoms with van der Waals surface area (Å²) in [5.41, 5.74) is 0.636. The maximum absolute atomic E-state index is 13.2. The largest absolute Gasteiger partial charge is 0.389 e. The number of rotatable bonds is 4. The molecule has 0 saturated heterocycles. The Labute approximate surface area is 131 Å². The first-order valence-corrected chi connectivity index (χ1v) is 7.99. The van der Waals surface area contributed by atoms with E-state index in [2.05, 4.69) is 19.2 Å². The number of benzene rings is 1. The van der Waals surface area contributed by atoms with Crippen molar-refractivity contribution in [1.82, 2.24) is 5.32 Å². The van der Waals surface area contributed by atoms with Crippen LogP contribution in [0.15, 0.2) is 18.2 Å². The normalized spacial score (nSPS) is 22.0. The summed E-state index contributed by atoms with van der Waals surface area (Å²) < 4.78 is 13.2. The van der Waals surface area contributed by atoms with E-state index < -0.39 is 11.4 Å². The van der Waals surface area contributed by atoms with Gasteiger partial charge in [0.25, 0.3) is 0 Å². The third-order valence-corrected chi connectivity index (χ3v) is 5.00. The van der Waals surface area contributed by atoms with Gasteiger partial charge in [-0.25, -0.2) is 4.39 Å². The first-order valence-electron chi connectivity index (χ1n) is 7.62. The van der Waals surface area contributed by atoms with Crippen molar-refractivity contribution < 1.29 is 9.50 Å². The van der Waals surface area contributed by atoms with Gasteiger partial charge in [0.05, 0.1) is 10.6 Å². The maximum Gasteiger partial charge on any atom is 0.141 e. The Balaban J connectivity index is 1.91. The van der Waals surface area contributed by atoms with Gasteiger partial charge in [0.15, 0.2) is 0 Å². The molecule has 2 N–H and O–H groups in total. The monoisotopic (exact) mass is 313 g/mol. The molecule has 1 atom stereocenters. The molecule has 1 aliphatic rings. The predicted molar refractivity (Wildman–Crippen MR) is 85.0 cm³/mol. The van der Waals surface area contributed by atoms with Gasteiger partial charge in [0.1, 0.15) is 5.82 Å². The van der Waals surface area contributed by atoms with Crippen molar-refractivity contribution in [3.05, 3.63) is 34.6 Å². The van der Waals surface area contributed by atoms with Crippen LogP contribution >= 0.6 is 11.6 Å². The van der Waals surface area contributed by atoms with Gasteiger partial charge in [-0.05, 0) is 55.7 Å². The summed E-state index contributed by atoms with van der Waals surface area (Å²) in [5, 5.41) is 14.1. The Bertz CT molecular complexity index is 494. The smallest absolute Gasteiger partial charge is 0.141 e. The lowest BCUT2D eigenvalue weighted by Crippen LogP contribution is -2.45. The molecule has 0 aliphatic heterocycles. The van der Waals surface area contributed by atoms with Crippen LogP contribution in [0.1, 0.15) is 58.1 Å².